The molecular weight excluding hydrogens is 399 g/mol. The molecule has 0 radical (unpaired) electrons. The molecule has 5 heterocycles. The second-order valence-corrected chi connectivity index (χ2v) is 8.01. The molecule has 2 saturated heterocycles. The van der Waals surface area contributed by atoms with Crippen LogP contribution in [0.4, 0.5) is 13.2 Å². The number of hydrogen-bond donors (Lipinski definition) is 1. The van der Waals surface area contributed by atoms with Gasteiger partial charge in [0.05, 0.1) is 37.7 Å². The van der Waals surface area contributed by atoms with Crippen LogP contribution >= 0.6 is 0 Å². The van der Waals surface area contributed by atoms with E-state index in [0.717, 1.165) is 61.1 Å². The fraction of sp³-hybridized carbons (Fsp3) is 0.500. The average molecular weight is 421 g/mol. The first kappa shape index (κ1) is 19.4. The van der Waals surface area contributed by atoms with E-state index in [4.69, 9.17) is 4.74 Å². The zero-order valence-corrected chi connectivity index (χ0v) is 16.4. The van der Waals surface area contributed by atoms with E-state index in [-0.39, 0.29) is 11.6 Å². The average Bonchev–Trinajstić information content (AvgIpc) is 3.25. The van der Waals surface area contributed by atoms with Gasteiger partial charge in [-0.2, -0.15) is 23.4 Å². The first-order chi connectivity index (χ1) is 14.3. The van der Waals surface area contributed by atoms with Gasteiger partial charge >= 0.3 is 6.18 Å². The van der Waals surface area contributed by atoms with Crippen LogP contribution in [0.5, 0.6) is 5.75 Å². The molecule has 1 N–H and O–H groups in total. The number of fused-ring (bicyclic) bond motifs is 1. The number of rotatable bonds is 3. The lowest BCUT2D eigenvalue weighted by molar-refractivity contribution is -0.136. The molecule has 160 valence electrons. The van der Waals surface area contributed by atoms with Crippen molar-refractivity contribution in [1.82, 2.24) is 24.3 Å². The predicted octanol–water partition coefficient (Wildman–Crippen LogP) is 3.27. The van der Waals surface area contributed by atoms with Crippen LogP contribution in [0.1, 0.15) is 30.1 Å². The van der Waals surface area contributed by atoms with E-state index < -0.39 is 17.5 Å². The molecule has 2 aliphatic heterocycles. The lowest BCUT2D eigenvalue weighted by Gasteiger charge is -2.41. The van der Waals surface area contributed by atoms with E-state index >= 15 is 0 Å². The van der Waals surface area contributed by atoms with Gasteiger partial charge in [0.15, 0.2) is 0 Å². The Kier molecular flexibility index (Phi) is 4.51. The largest absolute Gasteiger partial charge is 0.506 e. The predicted molar refractivity (Wildman–Crippen MR) is 102 cm³/mol. The maximum atomic E-state index is 13.1. The minimum Gasteiger partial charge on any atom is -0.506 e. The minimum atomic E-state index is -4.58. The molecule has 3 aromatic heterocycles. The maximum absolute atomic E-state index is 13.1. The summed E-state index contributed by atoms with van der Waals surface area (Å²) in [7, 11) is 0. The molecule has 0 bridgehead atoms. The number of likely N-dealkylation sites (tertiary alicyclic amines) is 1. The summed E-state index contributed by atoms with van der Waals surface area (Å²) >= 11 is 0. The summed E-state index contributed by atoms with van der Waals surface area (Å²) in [6.45, 7) is 5.55. The van der Waals surface area contributed by atoms with Gasteiger partial charge in [-0.15, -0.1) is 0 Å². The molecule has 0 aliphatic carbocycles. The number of ether oxygens (including phenoxy) is 1. The van der Waals surface area contributed by atoms with Gasteiger partial charge in [0, 0.05) is 36.1 Å². The summed E-state index contributed by atoms with van der Waals surface area (Å²) in [5.41, 5.74) is 0.962. The van der Waals surface area contributed by atoms with Gasteiger partial charge in [0.1, 0.15) is 16.8 Å². The van der Waals surface area contributed by atoms with E-state index in [1.54, 1.807) is 6.20 Å². The monoisotopic (exact) mass is 421 g/mol. The van der Waals surface area contributed by atoms with Gasteiger partial charge in [0.25, 0.3) is 0 Å². The molecular formula is C20H22F3N5O2. The van der Waals surface area contributed by atoms with Crippen LogP contribution in [-0.4, -0.2) is 61.7 Å². The van der Waals surface area contributed by atoms with Gasteiger partial charge < -0.3 is 9.84 Å². The summed E-state index contributed by atoms with van der Waals surface area (Å²) < 4.78 is 47.8. The van der Waals surface area contributed by atoms with Crippen LogP contribution in [0.15, 0.2) is 24.7 Å². The zero-order chi connectivity index (χ0) is 21.0. The second kappa shape index (κ2) is 6.98. The molecule has 2 aliphatic rings. The molecule has 5 rings (SSSR count). The lowest BCUT2D eigenvalue weighted by Crippen LogP contribution is -2.52. The van der Waals surface area contributed by atoms with Crippen molar-refractivity contribution in [3.8, 4) is 16.9 Å². The van der Waals surface area contributed by atoms with Crippen molar-refractivity contribution >= 4 is 5.52 Å². The number of hydrogen-bond acceptors (Lipinski definition) is 5. The minimum absolute atomic E-state index is 0.273. The molecule has 30 heavy (non-hydrogen) atoms. The van der Waals surface area contributed by atoms with Gasteiger partial charge in [-0.3, -0.25) is 9.58 Å². The molecule has 0 spiro atoms. The van der Waals surface area contributed by atoms with E-state index in [0.29, 0.717) is 11.6 Å². The third-order valence-electron chi connectivity index (χ3n) is 6.23. The second-order valence-electron chi connectivity index (χ2n) is 8.01. The van der Waals surface area contributed by atoms with Crippen molar-refractivity contribution in [3.05, 3.63) is 35.9 Å². The molecule has 3 aromatic rings. The SMILES string of the molecule is Cc1c(-c2cc(O)c3c(C(F)(F)F)cnn3c2)cnn1C1CCN(C2COC2)CC1. The van der Waals surface area contributed by atoms with Crippen LogP contribution in [0.25, 0.3) is 16.6 Å². The molecule has 0 aromatic carbocycles. The van der Waals surface area contributed by atoms with Gasteiger partial charge in [0.2, 0.25) is 0 Å². The Morgan fingerprint density at radius 3 is 2.47 bits per heavy atom. The van der Waals surface area contributed by atoms with E-state index in [2.05, 4.69) is 15.1 Å². The highest BCUT2D eigenvalue weighted by atomic mass is 19.4. The Bertz CT molecular complexity index is 1080. The van der Waals surface area contributed by atoms with Crippen LogP contribution in [-0.2, 0) is 10.9 Å². The third kappa shape index (κ3) is 3.14. The fourth-order valence-corrected chi connectivity index (χ4v) is 4.46. The standard InChI is InChI=1S/C20H22F3N5O2/c1-12-16(7-25-28(12)14-2-4-26(5-3-14)15-10-30-11-15)13-6-18(29)19-17(20(21,22)23)8-24-27(19)9-13/h6-9,14-15,29H,2-5,10-11H2,1H3. The third-order valence-corrected chi connectivity index (χ3v) is 6.23. The Labute approximate surface area is 170 Å². The summed E-state index contributed by atoms with van der Waals surface area (Å²) in [4.78, 5) is 2.46. The number of halogens is 3. The molecule has 10 heteroatoms. The Morgan fingerprint density at radius 1 is 1.10 bits per heavy atom. The van der Waals surface area contributed by atoms with Crippen LogP contribution in [0.2, 0.25) is 0 Å². The Hall–Kier alpha value is -2.59. The zero-order valence-electron chi connectivity index (χ0n) is 16.4. The number of piperidine rings is 1. The van der Waals surface area contributed by atoms with Crippen LogP contribution in [0, 0.1) is 6.92 Å². The van der Waals surface area contributed by atoms with Crippen molar-refractivity contribution in [2.45, 2.75) is 38.0 Å². The lowest BCUT2D eigenvalue weighted by atomic mass is 10.0. The number of aromatic nitrogens is 4. The van der Waals surface area contributed by atoms with Crippen molar-refractivity contribution < 1.29 is 23.0 Å². The normalized spacial score (nSPS) is 19.5. The smallest absolute Gasteiger partial charge is 0.420 e. The fourth-order valence-electron chi connectivity index (χ4n) is 4.46. The number of pyridine rings is 1. The van der Waals surface area contributed by atoms with Gasteiger partial charge in [-0.25, -0.2) is 4.52 Å². The van der Waals surface area contributed by atoms with Crippen LogP contribution in [0.3, 0.4) is 0 Å². The van der Waals surface area contributed by atoms with E-state index in [1.165, 1.54) is 12.3 Å². The molecule has 0 atom stereocenters. The molecule has 7 nitrogen and oxygen atoms in total. The molecule has 0 saturated carbocycles. The first-order valence-corrected chi connectivity index (χ1v) is 9.96. The van der Waals surface area contributed by atoms with Crippen molar-refractivity contribution in [2.75, 3.05) is 26.3 Å². The summed E-state index contributed by atoms with van der Waals surface area (Å²) in [6, 6.07) is 2.15. The molecule has 2 fully saturated rings. The highest BCUT2D eigenvalue weighted by Crippen LogP contribution is 2.38. The number of alkyl halides is 3. The van der Waals surface area contributed by atoms with Gasteiger partial charge in [-0.05, 0) is 25.8 Å². The highest BCUT2D eigenvalue weighted by molar-refractivity contribution is 5.74. The topological polar surface area (TPSA) is 67.8 Å². The summed E-state index contributed by atoms with van der Waals surface area (Å²) in [5, 5.41) is 18.6. The molecule has 0 amide bonds. The maximum Gasteiger partial charge on any atom is 0.420 e. The van der Waals surface area contributed by atoms with Crippen molar-refractivity contribution in [2.24, 2.45) is 0 Å². The van der Waals surface area contributed by atoms with Gasteiger partial charge in [-0.1, -0.05) is 0 Å². The molecule has 0 unspecified atom stereocenters. The Balaban J connectivity index is 1.42. The van der Waals surface area contributed by atoms with Crippen molar-refractivity contribution in [1.29, 1.82) is 0 Å². The highest BCUT2D eigenvalue weighted by Gasteiger charge is 2.36. The number of nitrogens with zero attached hydrogens (tertiary/aromatic N) is 5. The van der Waals surface area contributed by atoms with E-state index in [1.807, 2.05) is 11.6 Å². The van der Waals surface area contributed by atoms with E-state index in [9.17, 15) is 18.3 Å². The summed E-state index contributed by atoms with van der Waals surface area (Å²) in [5.74, 6) is -0.458. The number of aromatic hydroxyl groups is 1. The van der Waals surface area contributed by atoms with Crippen LogP contribution < -0.4 is 0 Å². The summed E-state index contributed by atoms with van der Waals surface area (Å²) in [6.07, 6.45) is 1.32. The first-order valence-electron chi connectivity index (χ1n) is 9.96. The van der Waals surface area contributed by atoms with Crippen molar-refractivity contribution in [3.63, 3.8) is 0 Å². The quantitative estimate of drug-likeness (QED) is 0.703. The Morgan fingerprint density at radius 2 is 1.83 bits per heavy atom.